The molecule has 1 aliphatic heterocycles. The third-order valence-corrected chi connectivity index (χ3v) is 4.35. The maximum atomic E-state index is 5.31. The van der Waals surface area contributed by atoms with Gasteiger partial charge in [-0.3, -0.25) is 0 Å². The molecule has 2 rings (SSSR count). The summed E-state index contributed by atoms with van der Waals surface area (Å²) in [6.07, 6.45) is 3.84. The fraction of sp³-hybridized carbons (Fsp3) is 0.647. The molecule has 1 aromatic rings. The molecular weight excluding hydrogens is 248 g/mol. The summed E-state index contributed by atoms with van der Waals surface area (Å²) in [6.45, 7) is 8.16. The molecule has 0 radical (unpaired) electrons. The summed E-state index contributed by atoms with van der Waals surface area (Å²) in [4.78, 5) is 2.55. The lowest BCUT2D eigenvalue weighted by molar-refractivity contribution is 0.295. The third kappa shape index (κ3) is 4.22. The van der Waals surface area contributed by atoms with Gasteiger partial charge in [-0.2, -0.15) is 0 Å². The number of benzene rings is 1. The molecule has 1 heterocycles. The van der Waals surface area contributed by atoms with Crippen molar-refractivity contribution in [2.45, 2.75) is 45.2 Å². The Morgan fingerprint density at radius 2 is 2.20 bits per heavy atom. The Balaban J connectivity index is 1.91. The minimum Gasteiger partial charge on any atom is -0.497 e. The number of methoxy groups -OCH3 is 1. The lowest BCUT2D eigenvalue weighted by Gasteiger charge is -2.23. The van der Waals surface area contributed by atoms with E-state index in [1.54, 1.807) is 7.11 Å². The molecule has 1 aromatic carbocycles. The summed E-state index contributed by atoms with van der Waals surface area (Å²) in [5, 5.41) is 3.79. The average molecular weight is 276 g/mol. The van der Waals surface area contributed by atoms with E-state index in [2.05, 4.69) is 42.3 Å². The largest absolute Gasteiger partial charge is 0.497 e. The van der Waals surface area contributed by atoms with Crippen molar-refractivity contribution in [2.24, 2.45) is 0 Å². The van der Waals surface area contributed by atoms with Crippen LogP contribution in [0.2, 0.25) is 0 Å². The summed E-state index contributed by atoms with van der Waals surface area (Å²) in [6, 6.07) is 9.39. The van der Waals surface area contributed by atoms with E-state index in [-0.39, 0.29) is 0 Å². The second kappa shape index (κ2) is 7.65. The van der Waals surface area contributed by atoms with Crippen LogP contribution in [0.3, 0.4) is 0 Å². The first-order valence-electron chi connectivity index (χ1n) is 7.85. The number of nitrogens with one attached hydrogen (secondary N) is 1. The van der Waals surface area contributed by atoms with Gasteiger partial charge in [-0.15, -0.1) is 0 Å². The molecule has 3 nitrogen and oxygen atoms in total. The predicted octanol–water partition coefficient (Wildman–Crippen LogP) is 3.22. The van der Waals surface area contributed by atoms with Crippen LogP contribution < -0.4 is 10.1 Å². The molecule has 1 unspecified atom stereocenters. The van der Waals surface area contributed by atoms with E-state index < -0.39 is 0 Å². The minimum atomic E-state index is 0.378. The lowest BCUT2D eigenvalue weighted by atomic mass is 10.0. The van der Waals surface area contributed by atoms with Gasteiger partial charge in [0.2, 0.25) is 0 Å². The van der Waals surface area contributed by atoms with Gasteiger partial charge in [0.25, 0.3) is 0 Å². The predicted molar refractivity (Wildman–Crippen MR) is 84.3 cm³/mol. The normalized spacial score (nSPS) is 22.2. The molecule has 1 aliphatic rings. The van der Waals surface area contributed by atoms with Gasteiger partial charge in [-0.05, 0) is 63.5 Å². The van der Waals surface area contributed by atoms with Gasteiger partial charge in [0.15, 0.2) is 0 Å². The van der Waals surface area contributed by atoms with E-state index in [0.717, 1.165) is 5.75 Å². The Bertz CT molecular complexity index is 408. The number of hydrogen-bond acceptors (Lipinski definition) is 3. The van der Waals surface area contributed by atoms with Crippen molar-refractivity contribution in [1.82, 2.24) is 10.2 Å². The van der Waals surface area contributed by atoms with Crippen molar-refractivity contribution in [1.29, 1.82) is 0 Å². The van der Waals surface area contributed by atoms with Crippen molar-refractivity contribution in [2.75, 3.05) is 26.7 Å². The van der Waals surface area contributed by atoms with Gasteiger partial charge in [0.05, 0.1) is 7.11 Å². The second-order valence-corrected chi connectivity index (χ2v) is 5.73. The number of likely N-dealkylation sites (tertiary alicyclic amines) is 1. The highest BCUT2D eigenvalue weighted by atomic mass is 16.5. The molecule has 3 heteroatoms. The molecule has 1 saturated heterocycles. The Kier molecular flexibility index (Phi) is 5.86. The van der Waals surface area contributed by atoms with E-state index in [1.165, 1.54) is 44.5 Å². The summed E-state index contributed by atoms with van der Waals surface area (Å²) in [5.41, 5.74) is 1.31. The zero-order chi connectivity index (χ0) is 14.4. The van der Waals surface area contributed by atoms with E-state index in [4.69, 9.17) is 4.74 Å². The quantitative estimate of drug-likeness (QED) is 0.893. The summed E-state index contributed by atoms with van der Waals surface area (Å²) in [7, 11) is 1.72. The van der Waals surface area contributed by atoms with Crippen LogP contribution in [-0.2, 0) is 0 Å². The van der Waals surface area contributed by atoms with Crippen LogP contribution in [0.25, 0.3) is 0 Å². The van der Waals surface area contributed by atoms with Gasteiger partial charge in [0.1, 0.15) is 5.75 Å². The molecule has 0 amide bonds. The van der Waals surface area contributed by atoms with E-state index in [9.17, 15) is 0 Å². The first kappa shape index (κ1) is 15.3. The fourth-order valence-corrected chi connectivity index (χ4v) is 3.00. The molecule has 1 N–H and O–H groups in total. The fourth-order valence-electron chi connectivity index (χ4n) is 3.00. The second-order valence-electron chi connectivity index (χ2n) is 5.73. The van der Waals surface area contributed by atoms with Gasteiger partial charge in [0, 0.05) is 12.1 Å². The van der Waals surface area contributed by atoms with E-state index >= 15 is 0 Å². The van der Waals surface area contributed by atoms with Crippen molar-refractivity contribution >= 4 is 0 Å². The highest BCUT2D eigenvalue weighted by molar-refractivity contribution is 5.30. The maximum Gasteiger partial charge on any atom is 0.119 e. The average Bonchev–Trinajstić information content (AvgIpc) is 2.72. The van der Waals surface area contributed by atoms with Crippen molar-refractivity contribution in [3.05, 3.63) is 29.8 Å². The third-order valence-electron chi connectivity index (χ3n) is 4.35. The first-order chi connectivity index (χ1) is 9.72. The molecule has 20 heavy (non-hydrogen) atoms. The number of ether oxygens (including phenoxy) is 1. The highest BCUT2D eigenvalue weighted by Gasteiger charge is 2.18. The van der Waals surface area contributed by atoms with Crippen LogP contribution in [0.5, 0.6) is 5.75 Å². The van der Waals surface area contributed by atoms with Crippen molar-refractivity contribution < 1.29 is 4.74 Å². The molecular formula is C17H28N2O. The van der Waals surface area contributed by atoms with Gasteiger partial charge in [-0.1, -0.05) is 19.1 Å². The zero-order valence-electron chi connectivity index (χ0n) is 13.1. The molecule has 0 aliphatic carbocycles. The Labute approximate surface area is 123 Å². The monoisotopic (exact) mass is 276 g/mol. The maximum absolute atomic E-state index is 5.31. The highest BCUT2D eigenvalue weighted by Crippen LogP contribution is 2.21. The summed E-state index contributed by atoms with van der Waals surface area (Å²) in [5.74, 6) is 0.939. The van der Waals surface area contributed by atoms with Crippen LogP contribution in [0.4, 0.5) is 0 Å². The van der Waals surface area contributed by atoms with Gasteiger partial charge >= 0.3 is 0 Å². The SMILES string of the molecule is CCN1CCCC(N[C@@H](C)c2cccc(OC)c2)CC1. The topological polar surface area (TPSA) is 24.5 Å². The Morgan fingerprint density at radius 1 is 1.35 bits per heavy atom. The van der Waals surface area contributed by atoms with Crippen LogP contribution in [0, 0.1) is 0 Å². The molecule has 0 aromatic heterocycles. The molecule has 0 spiro atoms. The van der Waals surface area contributed by atoms with Crippen molar-refractivity contribution in [3.8, 4) is 5.75 Å². The van der Waals surface area contributed by atoms with Crippen LogP contribution in [0.15, 0.2) is 24.3 Å². The van der Waals surface area contributed by atoms with Crippen LogP contribution >= 0.6 is 0 Å². The number of hydrogen-bond donors (Lipinski definition) is 1. The summed E-state index contributed by atoms with van der Waals surface area (Å²) < 4.78 is 5.31. The summed E-state index contributed by atoms with van der Waals surface area (Å²) >= 11 is 0. The van der Waals surface area contributed by atoms with Crippen molar-refractivity contribution in [3.63, 3.8) is 0 Å². The van der Waals surface area contributed by atoms with Crippen LogP contribution in [-0.4, -0.2) is 37.7 Å². The standard InChI is InChI=1S/C17H28N2O/c1-4-19-11-6-8-16(10-12-19)18-14(2)15-7-5-9-17(13-15)20-3/h5,7,9,13-14,16,18H,4,6,8,10-12H2,1-3H3/t14-,16?/m0/s1. The molecule has 0 bridgehead atoms. The minimum absolute atomic E-state index is 0.378. The molecule has 1 fully saturated rings. The van der Waals surface area contributed by atoms with E-state index in [0.29, 0.717) is 12.1 Å². The van der Waals surface area contributed by atoms with Crippen LogP contribution in [0.1, 0.15) is 44.7 Å². The Hall–Kier alpha value is -1.06. The van der Waals surface area contributed by atoms with Gasteiger partial charge < -0.3 is 15.0 Å². The van der Waals surface area contributed by atoms with Gasteiger partial charge in [-0.25, -0.2) is 0 Å². The number of nitrogens with zero attached hydrogens (tertiary/aromatic N) is 1. The molecule has 0 saturated carbocycles. The molecule has 2 atom stereocenters. The first-order valence-corrected chi connectivity index (χ1v) is 7.85. The molecule has 112 valence electrons. The smallest absolute Gasteiger partial charge is 0.119 e. The zero-order valence-corrected chi connectivity index (χ0v) is 13.1. The van der Waals surface area contributed by atoms with E-state index in [1.807, 2.05) is 6.07 Å². The lowest BCUT2D eigenvalue weighted by Crippen LogP contribution is -2.33. The number of rotatable bonds is 5. The Morgan fingerprint density at radius 3 is 2.95 bits per heavy atom.